The van der Waals surface area contributed by atoms with Crippen molar-refractivity contribution in [3.05, 3.63) is 60.2 Å². The minimum atomic E-state index is -0.233. The summed E-state index contributed by atoms with van der Waals surface area (Å²) in [7, 11) is 0. The van der Waals surface area contributed by atoms with Gasteiger partial charge in [-0.3, -0.25) is 0 Å². The first-order chi connectivity index (χ1) is 9.24. The third-order valence-corrected chi connectivity index (χ3v) is 2.84. The van der Waals surface area contributed by atoms with E-state index in [1.165, 1.54) is 6.07 Å². The van der Waals surface area contributed by atoms with Crippen molar-refractivity contribution in [2.75, 3.05) is 0 Å². The molecule has 0 radical (unpaired) electrons. The zero-order valence-electron chi connectivity index (χ0n) is 10.3. The quantitative estimate of drug-likeness (QED) is 0.697. The van der Waals surface area contributed by atoms with E-state index in [9.17, 15) is 4.39 Å². The monoisotopic (exact) mass is 254 g/mol. The van der Waals surface area contributed by atoms with E-state index in [0.717, 1.165) is 11.1 Å². The fourth-order valence-electron chi connectivity index (χ4n) is 1.90. The smallest absolute Gasteiger partial charge is 0.247 e. The molecular formula is C15H11FN2O. The highest BCUT2D eigenvalue weighted by Gasteiger charge is 2.07. The molecule has 0 spiro atoms. The predicted octanol–water partition coefficient (Wildman–Crippen LogP) is 3.85. The van der Waals surface area contributed by atoms with E-state index in [0.29, 0.717) is 17.3 Å². The largest absolute Gasteiger partial charge is 0.421 e. The lowest BCUT2D eigenvalue weighted by Gasteiger charge is -2.03. The van der Waals surface area contributed by atoms with E-state index >= 15 is 0 Å². The Morgan fingerprint density at radius 1 is 0.895 bits per heavy atom. The topological polar surface area (TPSA) is 38.9 Å². The second kappa shape index (κ2) is 4.65. The summed E-state index contributed by atoms with van der Waals surface area (Å²) in [5, 5.41) is 7.73. The van der Waals surface area contributed by atoms with Gasteiger partial charge in [0, 0.05) is 18.1 Å². The number of hydrogen-bond donors (Lipinski definition) is 0. The van der Waals surface area contributed by atoms with Gasteiger partial charge in [0.15, 0.2) is 0 Å². The van der Waals surface area contributed by atoms with Crippen molar-refractivity contribution in [2.24, 2.45) is 0 Å². The maximum atomic E-state index is 13.7. The summed E-state index contributed by atoms with van der Waals surface area (Å²) >= 11 is 0. The molecule has 0 atom stereocenters. The van der Waals surface area contributed by atoms with Gasteiger partial charge < -0.3 is 4.42 Å². The van der Waals surface area contributed by atoms with Gasteiger partial charge in [0.2, 0.25) is 11.8 Å². The van der Waals surface area contributed by atoms with Crippen LogP contribution in [0.15, 0.2) is 52.9 Å². The highest BCUT2D eigenvalue weighted by Crippen LogP contribution is 2.25. The van der Waals surface area contributed by atoms with Crippen LogP contribution in [0.2, 0.25) is 0 Å². The molecule has 3 nitrogen and oxygen atoms in total. The Bertz CT molecular complexity index is 704. The van der Waals surface area contributed by atoms with Gasteiger partial charge in [-0.15, -0.1) is 10.2 Å². The second-order valence-electron chi connectivity index (χ2n) is 4.18. The van der Waals surface area contributed by atoms with Crippen molar-refractivity contribution < 1.29 is 8.81 Å². The molecule has 0 saturated heterocycles. The molecule has 1 heterocycles. The molecule has 0 aliphatic rings. The molecule has 2 aromatic carbocycles. The Labute approximate surface area is 109 Å². The third kappa shape index (κ3) is 2.25. The normalized spacial score (nSPS) is 10.6. The van der Waals surface area contributed by atoms with Gasteiger partial charge in [-0.2, -0.15) is 0 Å². The lowest BCUT2D eigenvalue weighted by atomic mass is 10.0. The molecule has 3 aromatic rings. The lowest BCUT2D eigenvalue weighted by molar-refractivity contribution is 0.533. The number of benzene rings is 2. The van der Waals surface area contributed by atoms with Gasteiger partial charge in [-0.25, -0.2) is 4.39 Å². The van der Waals surface area contributed by atoms with E-state index in [1.54, 1.807) is 19.1 Å². The van der Waals surface area contributed by atoms with Gasteiger partial charge in [-0.1, -0.05) is 30.3 Å². The van der Waals surface area contributed by atoms with Gasteiger partial charge >= 0.3 is 0 Å². The van der Waals surface area contributed by atoms with Crippen molar-refractivity contribution in [1.29, 1.82) is 0 Å². The summed E-state index contributed by atoms with van der Waals surface area (Å²) in [6.07, 6.45) is 0. The van der Waals surface area contributed by atoms with Crippen LogP contribution in [0.1, 0.15) is 5.89 Å². The molecule has 0 fully saturated rings. The summed E-state index contributed by atoms with van der Waals surface area (Å²) < 4.78 is 19.0. The molecule has 3 rings (SSSR count). The van der Waals surface area contributed by atoms with Crippen molar-refractivity contribution in [1.82, 2.24) is 10.2 Å². The van der Waals surface area contributed by atoms with Gasteiger partial charge in [0.25, 0.3) is 0 Å². The molecule has 0 saturated carbocycles. The highest BCUT2D eigenvalue weighted by molar-refractivity contribution is 5.67. The third-order valence-electron chi connectivity index (χ3n) is 2.84. The standard InChI is InChI=1S/C15H11FN2O/c1-10-17-18-15(19-10)12-8-6-11(7-9-12)13-4-2-3-5-14(13)16/h2-9H,1H3. The fourth-order valence-corrected chi connectivity index (χ4v) is 1.90. The molecule has 0 N–H and O–H groups in total. The molecule has 19 heavy (non-hydrogen) atoms. The van der Waals surface area contributed by atoms with Crippen molar-refractivity contribution in [3.63, 3.8) is 0 Å². The van der Waals surface area contributed by atoms with Crippen molar-refractivity contribution >= 4 is 0 Å². The Balaban J connectivity index is 1.97. The molecule has 94 valence electrons. The second-order valence-corrected chi connectivity index (χ2v) is 4.18. The van der Waals surface area contributed by atoms with E-state index in [4.69, 9.17) is 4.42 Å². The first-order valence-electron chi connectivity index (χ1n) is 5.89. The van der Waals surface area contributed by atoms with E-state index in [1.807, 2.05) is 30.3 Å². The highest BCUT2D eigenvalue weighted by atomic mass is 19.1. The summed E-state index contributed by atoms with van der Waals surface area (Å²) in [5.74, 6) is 0.759. The van der Waals surface area contributed by atoms with Crippen molar-refractivity contribution in [2.45, 2.75) is 6.92 Å². The summed E-state index contributed by atoms with van der Waals surface area (Å²) in [5.41, 5.74) is 2.22. The van der Waals surface area contributed by atoms with Crippen LogP contribution in [-0.2, 0) is 0 Å². The van der Waals surface area contributed by atoms with E-state index in [2.05, 4.69) is 10.2 Å². The first-order valence-corrected chi connectivity index (χ1v) is 5.89. The number of rotatable bonds is 2. The molecular weight excluding hydrogens is 243 g/mol. The average molecular weight is 254 g/mol. The van der Waals surface area contributed by atoms with E-state index in [-0.39, 0.29) is 5.82 Å². The Morgan fingerprint density at radius 2 is 1.58 bits per heavy atom. The summed E-state index contributed by atoms with van der Waals surface area (Å²) in [4.78, 5) is 0. The fraction of sp³-hybridized carbons (Fsp3) is 0.0667. The van der Waals surface area contributed by atoms with Crippen LogP contribution >= 0.6 is 0 Å². The SMILES string of the molecule is Cc1nnc(-c2ccc(-c3ccccc3F)cc2)o1. The number of nitrogens with zero attached hydrogens (tertiary/aromatic N) is 2. The minimum Gasteiger partial charge on any atom is -0.421 e. The maximum Gasteiger partial charge on any atom is 0.247 e. The Morgan fingerprint density at radius 3 is 2.21 bits per heavy atom. The molecule has 4 heteroatoms. The summed E-state index contributed by atoms with van der Waals surface area (Å²) in [6, 6.07) is 14.1. The zero-order chi connectivity index (χ0) is 13.2. The molecule has 0 bridgehead atoms. The minimum absolute atomic E-state index is 0.233. The number of hydrogen-bond acceptors (Lipinski definition) is 3. The van der Waals surface area contributed by atoms with Crippen LogP contribution < -0.4 is 0 Å². The van der Waals surface area contributed by atoms with Crippen molar-refractivity contribution in [3.8, 4) is 22.6 Å². The average Bonchev–Trinajstić information content (AvgIpc) is 2.86. The Hall–Kier alpha value is -2.49. The summed E-state index contributed by atoms with van der Waals surface area (Å²) in [6.45, 7) is 1.74. The first kappa shape index (κ1) is 11.6. The number of halogens is 1. The van der Waals surface area contributed by atoms with Crippen LogP contribution in [0.4, 0.5) is 4.39 Å². The lowest BCUT2D eigenvalue weighted by Crippen LogP contribution is -1.84. The van der Waals surface area contributed by atoms with Gasteiger partial charge in [-0.05, 0) is 23.8 Å². The Kier molecular flexibility index (Phi) is 2.83. The number of aryl methyl sites for hydroxylation is 1. The molecule has 0 aliphatic heterocycles. The van der Waals surface area contributed by atoms with Crippen LogP contribution in [0.5, 0.6) is 0 Å². The molecule has 0 amide bonds. The van der Waals surface area contributed by atoms with Gasteiger partial charge in [0.05, 0.1) is 0 Å². The molecule has 0 unspecified atom stereocenters. The van der Waals surface area contributed by atoms with E-state index < -0.39 is 0 Å². The number of aromatic nitrogens is 2. The predicted molar refractivity (Wildman–Crippen MR) is 69.9 cm³/mol. The van der Waals surface area contributed by atoms with Crippen LogP contribution in [-0.4, -0.2) is 10.2 Å². The van der Waals surface area contributed by atoms with Crippen LogP contribution in [0, 0.1) is 12.7 Å². The molecule has 0 aliphatic carbocycles. The van der Waals surface area contributed by atoms with Crippen LogP contribution in [0.3, 0.4) is 0 Å². The van der Waals surface area contributed by atoms with Crippen LogP contribution in [0.25, 0.3) is 22.6 Å². The molecule has 1 aromatic heterocycles. The zero-order valence-corrected chi connectivity index (χ0v) is 10.3. The van der Waals surface area contributed by atoms with Gasteiger partial charge in [0.1, 0.15) is 5.82 Å². The maximum absolute atomic E-state index is 13.7.